The third-order valence-corrected chi connectivity index (χ3v) is 4.50. The molecule has 0 atom stereocenters. The minimum atomic E-state index is 0.568. The Hall–Kier alpha value is -2.41. The van der Waals surface area contributed by atoms with E-state index in [4.69, 9.17) is 0 Å². The third kappa shape index (κ3) is 2.37. The van der Waals surface area contributed by atoms with Crippen LogP contribution in [-0.4, -0.2) is 68.5 Å². The first-order valence-corrected chi connectivity index (χ1v) is 7.92. The monoisotopic (exact) mass is 312 g/mol. The van der Waals surface area contributed by atoms with Crippen LogP contribution in [0.4, 0.5) is 5.69 Å². The van der Waals surface area contributed by atoms with Crippen LogP contribution in [-0.2, 0) is 6.42 Å². The van der Waals surface area contributed by atoms with Crippen LogP contribution in [0.3, 0.4) is 0 Å². The van der Waals surface area contributed by atoms with Gasteiger partial charge in [-0.3, -0.25) is 4.90 Å². The SMILES string of the molecule is Cc1nc2n(n1)C(N1CCN(C)CC1)=[N+]([O-])c1ccccc1C2. The van der Waals surface area contributed by atoms with Gasteiger partial charge >= 0.3 is 5.96 Å². The number of aryl methyl sites for hydroxylation is 1. The van der Waals surface area contributed by atoms with E-state index in [1.54, 1.807) is 4.68 Å². The molecule has 2 aliphatic rings. The van der Waals surface area contributed by atoms with E-state index in [2.05, 4.69) is 26.9 Å². The summed E-state index contributed by atoms with van der Waals surface area (Å²) in [6.07, 6.45) is 0.618. The van der Waals surface area contributed by atoms with Crippen molar-refractivity contribution in [1.82, 2.24) is 24.6 Å². The molecule has 23 heavy (non-hydrogen) atoms. The van der Waals surface area contributed by atoms with E-state index in [9.17, 15) is 5.21 Å². The van der Waals surface area contributed by atoms with Gasteiger partial charge in [-0.15, -0.1) is 0 Å². The van der Waals surface area contributed by atoms with Crippen molar-refractivity contribution >= 4 is 11.6 Å². The number of likely N-dealkylation sites (N-methyl/N-ethyl adjacent to an activating group) is 1. The van der Waals surface area contributed by atoms with Gasteiger partial charge < -0.3 is 10.1 Å². The quantitative estimate of drug-likeness (QED) is 0.531. The first-order chi connectivity index (χ1) is 11.1. The Morgan fingerprint density at radius 1 is 1.13 bits per heavy atom. The molecule has 7 nitrogen and oxygen atoms in total. The molecule has 1 aromatic carbocycles. The van der Waals surface area contributed by atoms with E-state index in [1.165, 1.54) is 0 Å². The summed E-state index contributed by atoms with van der Waals surface area (Å²) in [6.45, 7) is 5.35. The fraction of sp³-hybridized carbons (Fsp3) is 0.438. The van der Waals surface area contributed by atoms with Crippen LogP contribution in [0, 0.1) is 12.1 Å². The molecule has 2 aliphatic heterocycles. The molecule has 120 valence electrons. The van der Waals surface area contributed by atoms with E-state index in [0.29, 0.717) is 23.9 Å². The van der Waals surface area contributed by atoms with Gasteiger partial charge in [-0.2, -0.15) is 4.98 Å². The van der Waals surface area contributed by atoms with Gasteiger partial charge in [-0.25, -0.2) is 4.74 Å². The van der Waals surface area contributed by atoms with Crippen molar-refractivity contribution in [2.75, 3.05) is 33.2 Å². The van der Waals surface area contributed by atoms with Gasteiger partial charge in [0.1, 0.15) is 5.69 Å². The number of hydrogen-bond donors (Lipinski definition) is 0. The first kappa shape index (κ1) is 14.2. The van der Waals surface area contributed by atoms with Crippen molar-refractivity contribution in [3.8, 4) is 0 Å². The summed E-state index contributed by atoms with van der Waals surface area (Å²) >= 11 is 0. The fourth-order valence-electron chi connectivity index (χ4n) is 3.22. The van der Waals surface area contributed by atoms with Crippen molar-refractivity contribution in [3.63, 3.8) is 0 Å². The second-order valence-electron chi connectivity index (χ2n) is 6.18. The fourth-order valence-corrected chi connectivity index (χ4v) is 3.22. The lowest BCUT2D eigenvalue weighted by atomic mass is 10.1. The van der Waals surface area contributed by atoms with E-state index >= 15 is 0 Å². The molecule has 0 spiro atoms. The summed E-state index contributed by atoms with van der Waals surface area (Å²) < 4.78 is 2.75. The summed E-state index contributed by atoms with van der Waals surface area (Å²) in [4.78, 5) is 8.92. The molecule has 0 bridgehead atoms. The van der Waals surface area contributed by atoms with Gasteiger partial charge in [0.2, 0.25) is 5.82 Å². The molecular weight excluding hydrogens is 292 g/mol. The van der Waals surface area contributed by atoms with Gasteiger partial charge in [0.25, 0.3) is 0 Å². The lowest BCUT2D eigenvalue weighted by Gasteiger charge is -2.31. The lowest BCUT2D eigenvalue weighted by molar-refractivity contribution is -0.371. The molecule has 3 heterocycles. The maximum atomic E-state index is 13.1. The number of hydrogen-bond acceptors (Lipinski definition) is 5. The smallest absolute Gasteiger partial charge is 0.386 e. The Balaban J connectivity index is 1.88. The van der Waals surface area contributed by atoms with Crippen molar-refractivity contribution in [2.45, 2.75) is 13.3 Å². The molecule has 0 radical (unpaired) electrons. The summed E-state index contributed by atoms with van der Waals surface area (Å²) in [5, 5.41) is 17.6. The molecule has 7 heteroatoms. The van der Waals surface area contributed by atoms with Crippen molar-refractivity contribution in [3.05, 3.63) is 46.7 Å². The Morgan fingerprint density at radius 3 is 2.65 bits per heavy atom. The highest BCUT2D eigenvalue weighted by Gasteiger charge is 2.33. The van der Waals surface area contributed by atoms with E-state index in [1.807, 2.05) is 31.2 Å². The molecule has 0 amide bonds. The Labute approximate surface area is 135 Å². The highest BCUT2D eigenvalue weighted by atomic mass is 16.5. The van der Waals surface area contributed by atoms with Crippen LogP contribution in [0.25, 0.3) is 0 Å². The zero-order chi connectivity index (χ0) is 16.0. The minimum absolute atomic E-state index is 0.568. The summed E-state index contributed by atoms with van der Waals surface area (Å²) in [6, 6.07) is 7.72. The van der Waals surface area contributed by atoms with Crippen molar-refractivity contribution < 1.29 is 4.74 Å². The van der Waals surface area contributed by atoms with Crippen molar-refractivity contribution in [2.24, 2.45) is 0 Å². The molecule has 4 rings (SSSR count). The predicted molar refractivity (Wildman–Crippen MR) is 86.8 cm³/mol. The van der Waals surface area contributed by atoms with Crippen molar-refractivity contribution in [1.29, 1.82) is 0 Å². The van der Waals surface area contributed by atoms with Crippen LogP contribution in [0.15, 0.2) is 24.3 Å². The zero-order valence-corrected chi connectivity index (χ0v) is 13.4. The number of aromatic nitrogens is 3. The molecule has 0 aliphatic carbocycles. The van der Waals surface area contributed by atoms with Crippen LogP contribution >= 0.6 is 0 Å². The summed E-state index contributed by atoms with van der Waals surface area (Å²) in [5.41, 5.74) is 1.67. The first-order valence-electron chi connectivity index (χ1n) is 7.92. The van der Waals surface area contributed by atoms with Crippen LogP contribution in [0.2, 0.25) is 0 Å². The third-order valence-electron chi connectivity index (χ3n) is 4.50. The average Bonchev–Trinajstić information content (AvgIpc) is 2.85. The van der Waals surface area contributed by atoms with Gasteiger partial charge in [-0.1, -0.05) is 28.0 Å². The predicted octanol–water partition coefficient (Wildman–Crippen LogP) is 0.784. The number of nitrogens with zero attached hydrogens (tertiary/aromatic N) is 6. The largest absolute Gasteiger partial charge is 0.740 e. The Morgan fingerprint density at radius 2 is 1.87 bits per heavy atom. The number of piperazine rings is 1. The second-order valence-corrected chi connectivity index (χ2v) is 6.18. The molecule has 1 aromatic heterocycles. The van der Waals surface area contributed by atoms with Crippen LogP contribution < -0.4 is 0 Å². The zero-order valence-electron chi connectivity index (χ0n) is 13.4. The highest BCUT2D eigenvalue weighted by Crippen LogP contribution is 2.25. The number of para-hydroxylation sites is 1. The molecule has 1 saturated heterocycles. The Bertz CT molecular complexity index is 773. The van der Waals surface area contributed by atoms with Gasteiger partial charge in [0.15, 0.2) is 5.82 Å². The minimum Gasteiger partial charge on any atom is -0.740 e. The van der Waals surface area contributed by atoms with Gasteiger partial charge in [0, 0.05) is 18.7 Å². The molecule has 2 aromatic rings. The highest BCUT2D eigenvalue weighted by molar-refractivity contribution is 5.79. The van der Waals surface area contributed by atoms with E-state index < -0.39 is 0 Å². The number of fused-ring (bicyclic) bond motifs is 2. The summed E-state index contributed by atoms with van der Waals surface area (Å²) in [7, 11) is 2.10. The number of benzene rings is 1. The topological polar surface area (TPSA) is 63.3 Å². The van der Waals surface area contributed by atoms with Crippen LogP contribution in [0.1, 0.15) is 17.2 Å². The van der Waals surface area contributed by atoms with Gasteiger partial charge in [-0.05, 0) is 20.0 Å². The maximum Gasteiger partial charge on any atom is 0.386 e. The molecule has 1 fully saturated rings. The molecule has 0 unspecified atom stereocenters. The maximum absolute atomic E-state index is 13.1. The molecule has 0 saturated carbocycles. The van der Waals surface area contributed by atoms with Gasteiger partial charge in [0.05, 0.1) is 19.5 Å². The lowest BCUT2D eigenvalue weighted by Crippen LogP contribution is -2.51. The Kier molecular flexibility index (Phi) is 3.30. The summed E-state index contributed by atoms with van der Waals surface area (Å²) in [5.74, 6) is 2.08. The molecular formula is C16H20N6O. The van der Waals surface area contributed by atoms with E-state index in [0.717, 1.165) is 42.3 Å². The molecule has 0 N–H and O–H groups in total. The van der Waals surface area contributed by atoms with E-state index in [-0.39, 0.29) is 0 Å². The average molecular weight is 312 g/mol. The number of rotatable bonds is 0. The second kappa shape index (κ2) is 5.34. The van der Waals surface area contributed by atoms with Crippen LogP contribution in [0.5, 0.6) is 0 Å². The standard InChI is InChI=1S/C16H20N6O/c1-12-17-15-11-13-5-3-4-6-14(13)22(23)16(21(15)18-12)20-9-7-19(2)8-10-20/h3-6H,7-11H2,1-2H3. The normalized spacial score (nSPS) is 18.6.